The third kappa shape index (κ3) is 4.04. The first-order valence-electron chi connectivity index (χ1n) is 10.7. The SMILES string of the molecule is CN1C=CN(c2cccc(B(c3ccccc3)c3cccc(N4C=CN(C)C4)c3)c2)C1. The molecule has 0 saturated heterocycles. The highest BCUT2D eigenvalue weighted by atomic mass is 15.3. The molecule has 0 aromatic heterocycles. The summed E-state index contributed by atoms with van der Waals surface area (Å²) in [5.41, 5.74) is 6.36. The first kappa shape index (κ1) is 19.4. The lowest BCUT2D eigenvalue weighted by atomic mass is 9.37. The molecule has 4 nitrogen and oxygen atoms in total. The Morgan fingerprint density at radius 1 is 0.548 bits per heavy atom. The van der Waals surface area contributed by atoms with E-state index in [9.17, 15) is 0 Å². The summed E-state index contributed by atoms with van der Waals surface area (Å²) in [5, 5.41) is 0. The minimum atomic E-state index is 0.176. The van der Waals surface area contributed by atoms with Crippen LogP contribution in [0.1, 0.15) is 0 Å². The van der Waals surface area contributed by atoms with Gasteiger partial charge in [0.05, 0.1) is 13.3 Å². The van der Waals surface area contributed by atoms with E-state index >= 15 is 0 Å². The van der Waals surface area contributed by atoms with Gasteiger partial charge in [0, 0.05) is 50.3 Å². The number of hydrogen-bond acceptors (Lipinski definition) is 4. The summed E-state index contributed by atoms with van der Waals surface area (Å²) in [4.78, 5) is 8.94. The van der Waals surface area contributed by atoms with E-state index in [2.05, 4.69) is 137 Å². The second-order valence-corrected chi connectivity index (χ2v) is 8.37. The Hall–Kier alpha value is -3.60. The van der Waals surface area contributed by atoms with Gasteiger partial charge in [-0.05, 0) is 24.3 Å². The van der Waals surface area contributed by atoms with Crippen molar-refractivity contribution in [1.82, 2.24) is 9.80 Å². The lowest BCUT2D eigenvalue weighted by Crippen LogP contribution is -2.52. The van der Waals surface area contributed by atoms with Crippen molar-refractivity contribution in [1.29, 1.82) is 0 Å². The maximum absolute atomic E-state index is 2.33. The van der Waals surface area contributed by atoms with E-state index in [0.717, 1.165) is 13.3 Å². The molecule has 0 saturated carbocycles. The fourth-order valence-corrected chi connectivity index (χ4v) is 4.38. The average molecular weight is 406 g/mol. The van der Waals surface area contributed by atoms with E-state index in [1.807, 2.05) is 0 Å². The van der Waals surface area contributed by atoms with Crippen LogP contribution in [0.4, 0.5) is 11.4 Å². The average Bonchev–Trinajstić information content (AvgIpc) is 3.44. The molecular weight excluding hydrogens is 379 g/mol. The number of anilines is 2. The van der Waals surface area contributed by atoms with Crippen LogP contribution < -0.4 is 26.2 Å². The molecule has 0 bridgehead atoms. The molecule has 3 aromatic carbocycles. The smallest absolute Gasteiger partial charge is 0.241 e. The standard InChI is InChI=1S/C26H27BN4/c1-28-14-16-30(20-28)25-12-6-10-23(18-25)27(22-8-4-3-5-9-22)24-11-7-13-26(19-24)31-17-15-29(2)21-31/h3-19H,20-21H2,1-2H3. The zero-order valence-corrected chi connectivity index (χ0v) is 18.1. The molecule has 0 atom stereocenters. The van der Waals surface area contributed by atoms with Gasteiger partial charge in [0.25, 0.3) is 0 Å². The fourth-order valence-electron chi connectivity index (χ4n) is 4.38. The molecule has 3 aromatic rings. The Balaban J connectivity index is 1.55. The van der Waals surface area contributed by atoms with Crippen LogP contribution in [0.25, 0.3) is 0 Å². The summed E-state index contributed by atoms with van der Waals surface area (Å²) < 4.78 is 0. The maximum atomic E-state index is 2.33. The van der Waals surface area contributed by atoms with Gasteiger partial charge in [0.2, 0.25) is 6.71 Å². The Kier molecular flexibility index (Phi) is 5.17. The zero-order chi connectivity index (χ0) is 21.2. The molecule has 154 valence electrons. The third-order valence-corrected chi connectivity index (χ3v) is 5.96. The van der Waals surface area contributed by atoms with Crippen molar-refractivity contribution >= 4 is 34.5 Å². The van der Waals surface area contributed by atoms with Crippen LogP contribution in [0.2, 0.25) is 0 Å². The lowest BCUT2D eigenvalue weighted by Gasteiger charge is -2.23. The first-order valence-corrected chi connectivity index (χ1v) is 10.7. The molecule has 0 amide bonds. The topological polar surface area (TPSA) is 13.0 Å². The van der Waals surface area contributed by atoms with E-state index in [-0.39, 0.29) is 6.71 Å². The number of hydrogen-bond donors (Lipinski definition) is 0. The van der Waals surface area contributed by atoms with Crippen LogP contribution in [-0.4, -0.2) is 43.9 Å². The van der Waals surface area contributed by atoms with Gasteiger partial charge < -0.3 is 19.6 Å². The summed E-state index contributed by atoms with van der Waals surface area (Å²) in [6.45, 7) is 1.93. The molecule has 0 N–H and O–H groups in total. The summed E-state index contributed by atoms with van der Waals surface area (Å²) in [7, 11) is 4.20. The maximum Gasteiger partial charge on any atom is 0.241 e. The molecule has 0 spiro atoms. The van der Waals surface area contributed by atoms with E-state index in [1.165, 1.54) is 27.8 Å². The molecule has 0 unspecified atom stereocenters. The fraction of sp³-hybridized carbons (Fsp3) is 0.154. The van der Waals surface area contributed by atoms with Crippen LogP contribution in [0, 0.1) is 0 Å². The molecular formula is C26H27BN4. The van der Waals surface area contributed by atoms with Crippen molar-refractivity contribution in [3.63, 3.8) is 0 Å². The van der Waals surface area contributed by atoms with E-state index < -0.39 is 0 Å². The van der Waals surface area contributed by atoms with Crippen molar-refractivity contribution in [3.05, 3.63) is 104 Å². The highest BCUT2D eigenvalue weighted by Gasteiger charge is 2.24. The predicted octanol–water partition coefficient (Wildman–Crippen LogP) is 2.56. The normalized spacial score (nSPS) is 15.3. The molecule has 2 aliphatic heterocycles. The van der Waals surface area contributed by atoms with Crippen LogP contribution >= 0.6 is 0 Å². The van der Waals surface area contributed by atoms with Crippen LogP contribution in [0.5, 0.6) is 0 Å². The molecule has 31 heavy (non-hydrogen) atoms. The van der Waals surface area contributed by atoms with Gasteiger partial charge >= 0.3 is 0 Å². The van der Waals surface area contributed by atoms with Crippen molar-refractivity contribution in [2.24, 2.45) is 0 Å². The van der Waals surface area contributed by atoms with Crippen molar-refractivity contribution in [2.75, 3.05) is 37.2 Å². The Labute approximate surface area is 185 Å². The van der Waals surface area contributed by atoms with Gasteiger partial charge in [-0.3, -0.25) is 0 Å². The second-order valence-electron chi connectivity index (χ2n) is 8.37. The largest absolute Gasteiger partial charge is 0.361 e. The van der Waals surface area contributed by atoms with Gasteiger partial charge in [-0.15, -0.1) is 0 Å². The molecule has 2 aliphatic rings. The minimum absolute atomic E-state index is 0.176. The Morgan fingerprint density at radius 3 is 1.48 bits per heavy atom. The van der Waals surface area contributed by atoms with Gasteiger partial charge in [0.15, 0.2) is 0 Å². The van der Waals surface area contributed by atoms with Crippen molar-refractivity contribution in [3.8, 4) is 0 Å². The minimum Gasteiger partial charge on any atom is -0.361 e. The summed E-state index contributed by atoms with van der Waals surface area (Å²) in [6.07, 6.45) is 8.53. The highest BCUT2D eigenvalue weighted by molar-refractivity contribution is 6.95. The van der Waals surface area contributed by atoms with E-state index in [1.54, 1.807) is 0 Å². The summed E-state index contributed by atoms with van der Waals surface area (Å²) in [6, 6.07) is 28.7. The van der Waals surface area contributed by atoms with Gasteiger partial charge in [-0.2, -0.15) is 0 Å². The monoisotopic (exact) mass is 406 g/mol. The van der Waals surface area contributed by atoms with Gasteiger partial charge in [0.1, 0.15) is 0 Å². The van der Waals surface area contributed by atoms with Crippen LogP contribution in [0.3, 0.4) is 0 Å². The number of benzene rings is 3. The summed E-state index contributed by atoms with van der Waals surface area (Å²) in [5.74, 6) is 0. The van der Waals surface area contributed by atoms with Gasteiger partial charge in [-0.25, -0.2) is 0 Å². The quantitative estimate of drug-likeness (QED) is 0.604. The van der Waals surface area contributed by atoms with Crippen molar-refractivity contribution in [2.45, 2.75) is 0 Å². The zero-order valence-electron chi connectivity index (χ0n) is 18.1. The van der Waals surface area contributed by atoms with E-state index in [4.69, 9.17) is 0 Å². The van der Waals surface area contributed by atoms with Crippen molar-refractivity contribution < 1.29 is 0 Å². The number of rotatable bonds is 5. The molecule has 0 aliphatic carbocycles. The molecule has 5 rings (SSSR count). The first-order chi connectivity index (χ1) is 15.2. The number of nitrogens with zero attached hydrogens (tertiary/aromatic N) is 4. The molecule has 0 fully saturated rings. The second kappa shape index (κ2) is 8.27. The lowest BCUT2D eigenvalue weighted by molar-refractivity contribution is 0.496. The van der Waals surface area contributed by atoms with Gasteiger partial charge in [-0.1, -0.05) is 71.0 Å². The molecule has 2 heterocycles. The molecule has 0 radical (unpaired) electrons. The molecule has 5 heteroatoms. The summed E-state index contributed by atoms with van der Waals surface area (Å²) >= 11 is 0. The van der Waals surface area contributed by atoms with E-state index in [0.29, 0.717) is 0 Å². The third-order valence-electron chi connectivity index (χ3n) is 5.96. The highest BCUT2D eigenvalue weighted by Crippen LogP contribution is 2.19. The predicted molar refractivity (Wildman–Crippen MR) is 132 cm³/mol. The van der Waals surface area contributed by atoms with Crippen LogP contribution in [-0.2, 0) is 0 Å². The Morgan fingerprint density at radius 2 is 1.03 bits per heavy atom. The van der Waals surface area contributed by atoms with Crippen LogP contribution in [0.15, 0.2) is 104 Å². The Bertz CT molecular complexity index is 1040.